The van der Waals surface area contributed by atoms with Crippen LogP contribution in [-0.4, -0.2) is 59.8 Å². The number of aryl methyl sites for hydroxylation is 2. The number of likely N-dealkylation sites (N-methyl/N-ethyl adjacent to an activating group) is 1. The third-order valence-corrected chi connectivity index (χ3v) is 7.61. The van der Waals surface area contributed by atoms with Gasteiger partial charge in [-0.2, -0.15) is 0 Å². The summed E-state index contributed by atoms with van der Waals surface area (Å²) in [6, 6.07) is 11.5. The molecule has 0 saturated carbocycles. The lowest BCUT2D eigenvalue weighted by Gasteiger charge is -2.42. The maximum Gasteiger partial charge on any atom is 0.323 e. The van der Waals surface area contributed by atoms with Crippen LogP contribution in [0, 0.1) is 13.8 Å². The van der Waals surface area contributed by atoms with E-state index in [4.69, 9.17) is 25.6 Å². The van der Waals surface area contributed by atoms with Gasteiger partial charge in [-0.25, -0.2) is 4.79 Å². The zero-order chi connectivity index (χ0) is 29.1. The minimum Gasteiger partial charge on any atom is -0.490 e. The van der Waals surface area contributed by atoms with Crippen LogP contribution in [0.4, 0.5) is 16.2 Å². The molecule has 1 saturated heterocycles. The van der Waals surface area contributed by atoms with Crippen molar-refractivity contribution in [2.45, 2.75) is 57.9 Å². The highest BCUT2D eigenvalue weighted by atomic mass is 35.5. The van der Waals surface area contributed by atoms with Gasteiger partial charge in [-0.1, -0.05) is 28.9 Å². The van der Waals surface area contributed by atoms with Crippen LogP contribution in [-0.2, 0) is 16.1 Å². The largest absolute Gasteiger partial charge is 0.490 e. The number of rotatable bonds is 6. The van der Waals surface area contributed by atoms with Crippen molar-refractivity contribution in [1.82, 2.24) is 15.4 Å². The first-order chi connectivity index (χ1) is 19.7. The molecule has 3 heterocycles. The van der Waals surface area contributed by atoms with Gasteiger partial charge in [-0.3, -0.25) is 9.59 Å². The molecule has 0 unspecified atom stereocenters. The molecule has 12 heteroatoms. The predicted octanol–water partition coefficient (Wildman–Crippen LogP) is 4.68. The number of carbonyl (C=O) groups excluding carboxylic acids is 3. The Balaban J connectivity index is 1.20. The Morgan fingerprint density at radius 3 is 2.61 bits per heavy atom. The molecule has 11 nitrogen and oxygen atoms in total. The fraction of sp³-hybridized carbons (Fsp3) is 0.379. The van der Waals surface area contributed by atoms with E-state index in [2.05, 4.69) is 21.1 Å². The van der Waals surface area contributed by atoms with Gasteiger partial charge < -0.3 is 34.8 Å². The number of benzene rings is 2. The van der Waals surface area contributed by atoms with E-state index in [1.165, 1.54) is 0 Å². The van der Waals surface area contributed by atoms with Crippen molar-refractivity contribution < 1.29 is 28.4 Å². The second-order valence-corrected chi connectivity index (χ2v) is 10.7. The van der Waals surface area contributed by atoms with Gasteiger partial charge in [0.25, 0.3) is 5.91 Å². The maximum absolute atomic E-state index is 13.5. The highest BCUT2D eigenvalue weighted by molar-refractivity contribution is 6.30. The van der Waals surface area contributed by atoms with Crippen molar-refractivity contribution >= 4 is 40.8 Å². The number of fused-ring (bicyclic) bond motifs is 2. The Kier molecular flexibility index (Phi) is 8.46. The van der Waals surface area contributed by atoms with Gasteiger partial charge in [0.05, 0.1) is 24.1 Å². The first-order valence-corrected chi connectivity index (χ1v) is 13.8. The average Bonchev–Trinajstić information content (AvgIpc) is 3.27. The molecular formula is C29H32ClN5O6. The van der Waals surface area contributed by atoms with E-state index in [-0.39, 0.29) is 37.0 Å². The zero-order valence-electron chi connectivity index (χ0n) is 23.0. The lowest BCUT2D eigenvalue weighted by molar-refractivity contribution is -0.134. The number of hydrogen-bond donors (Lipinski definition) is 3. The molecule has 3 N–H and O–H groups in total. The molecule has 41 heavy (non-hydrogen) atoms. The van der Waals surface area contributed by atoms with Crippen molar-refractivity contribution in [2.24, 2.45) is 0 Å². The van der Waals surface area contributed by atoms with Crippen LogP contribution in [0.1, 0.15) is 46.6 Å². The lowest BCUT2D eigenvalue weighted by Crippen LogP contribution is -2.53. The Bertz CT molecular complexity index is 1420. The summed E-state index contributed by atoms with van der Waals surface area (Å²) in [5.41, 5.74) is 2.78. The quantitative estimate of drug-likeness (QED) is 0.385. The van der Waals surface area contributed by atoms with Crippen molar-refractivity contribution in [2.75, 3.05) is 24.3 Å². The highest BCUT2D eigenvalue weighted by Crippen LogP contribution is 2.32. The number of aromatic nitrogens is 1. The molecule has 4 amide bonds. The van der Waals surface area contributed by atoms with E-state index in [1.54, 1.807) is 56.1 Å². The third kappa shape index (κ3) is 6.63. The molecule has 1 aromatic heterocycles. The SMILES string of the molecule is Cc1noc(C)c1NC(=O)Nc1ccc2c(c1)C(=O)N(C)[C@H]1CC[C@H](CC(=O)NCc3ccc(Cl)cc3)O[C@@H]1CO2. The molecule has 216 valence electrons. The molecule has 3 aromatic rings. The average molecular weight is 582 g/mol. The molecule has 2 aliphatic rings. The minimum absolute atomic E-state index is 0.108. The van der Waals surface area contributed by atoms with Gasteiger partial charge in [0.2, 0.25) is 5.91 Å². The van der Waals surface area contributed by atoms with Crippen LogP contribution in [0.25, 0.3) is 0 Å². The summed E-state index contributed by atoms with van der Waals surface area (Å²) in [4.78, 5) is 40.3. The van der Waals surface area contributed by atoms with E-state index in [0.29, 0.717) is 58.6 Å². The summed E-state index contributed by atoms with van der Waals surface area (Å²) in [5.74, 6) is 0.533. The number of halogens is 1. The topological polar surface area (TPSA) is 135 Å². The molecule has 0 spiro atoms. The third-order valence-electron chi connectivity index (χ3n) is 7.36. The van der Waals surface area contributed by atoms with Crippen LogP contribution in [0.5, 0.6) is 5.75 Å². The molecular weight excluding hydrogens is 550 g/mol. The Hall–Kier alpha value is -4.09. The van der Waals surface area contributed by atoms with Gasteiger partial charge >= 0.3 is 6.03 Å². The van der Waals surface area contributed by atoms with Crippen molar-refractivity contribution in [3.8, 4) is 5.75 Å². The monoisotopic (exact) mass is 581 g/mol. The summed E-state index contributed by atoms with van der Waals surface area (Å²) < 4.78 is 17.4. The lowest BCUT2D eigenvalue weighted by atomic mass is 9.94. The van der Waals surface area contributed by atoms with Gasteiger partial charge in [0.15, 0.2) is 5.76 Å². The first kappa shape index (κ1) is 28.4. The number of amides is 4. The van der Waals surface area contributed by atoms with Crippen LogP contribution < -0.4 is 20.7 Å². The van der Waals surface area contributed by atoms with Gasteiger partial charge in [-0.15, -0.1) is 0 Å². The number of nitrogens with zero attached hydrogens (tertiary/aromatic N) is 2. The van der Waals surface area contributed by atoms with E-state index in [0.717, 1.165) is 5.56 Å². The van der Waals surface area contributed by atoms with Crippen LogP contribution in [0.2, 0.25) is 5.02 Å². The van der Waals surface area contributed by atoms with Crippen LogP contribution >= 0.6 is 11.6 Å². The summed E-state index contributed by atoms with van der Waals surface area (Å²) >= 11 is 5.92. The normalized spacial score (nSPS) is 20.1. The number of hydrogen-bond acceptors (Lipinski definition) is 7. The second-order valence-electron chi connectivity index (χ2n) is 10.3. The Labute approximate surface area is 242 Å². The molecule has 2 aromatic carbocycles. The van der Waals surface area contributed by atoms with Crippen molar-refractivity contribution in [1.29, 1.82) is 0 Å². The van der Waals surface area contributed by atoms with E-state index in [1.807, 2.05) is 12.1 Å². The number of anilines is 2. The van der Waals surface area contributed by atoms with E-state index in [9.17, 15) is 14.4 Å². The van der Waals surface area contributed by atoms with Crippen molar-refractivity contribution in [3.63, 3.8) is 0 Å². The molecule has 0 bridgehead atoms. The fourth-order valence-corrected chi connectivity index (χ4v) is 5.25. The summed E-state index contributed by atoms with van der Waals surface area (Å²) in [6.45, 7) is 4.06. The smallest absolute Gasteiger partial charge is 0.323 e. The standard InChI is InChI=1S/C29H32ClN5O6/c1-16-27(17(2)41-34-16)33-29(38)32-20-8-11-24-22(12-20)28(37)35(3)23-10-9-21(40-25(23)15-39-24)13-26(36)31-14-18-4-6-19(30)7-5-18/h4-8,11-12,21,23,25H,9-10,13-15H2,1-3H3,(H,31,36)(H2,32,33,38)/t21-,23+,25-/m1/s1. The molecule has 0 aliphatic carbocycles. The predicted molar refractivity (Wildman–Crippen MR) is 152 cm³/mol. The molecule has 0 radical (unpaired) electrons. The first-order valence-electron chi connectivity index (χ1n) is 13.4. The maximum atomic E-state index is 13.5. The summed E-state index contributed by atoms with van der Waals surface area (Å²) in [7, 11) is 1.74. The number of ether oxygens (including phenoxy) is 2. The molecule has 5 rings (SSSR count). The zero-order valence-corrected chi connectivity index (χ0v) is 23.8. The molecule has 2 aliphatic heterocycles. The number of carbonyl (C=O) groups is 3. The second kappa shape index (κ2) is 12.2. The van der Waals surface area contributed by atoms with E-state index < -0.39 is 12.1 Å². The number of urea groups is 1. The van der Waals surface area contributed by atoms with E-state index >= 15 is 0 Å². The molecule has 3 atom stereocenters. The minimum atomic E-state index is -0.490. The fourth-order valence-electron chi connectivity index (χ4n) is 5.12. The van der Waals surface area contributed by atoms with Gasteiger partial charge in [-0.05, 0) is 62.6 Å². The molecule has 1 fully saturated rings. The summed E-state index contributed by atoms with van der Waals surface area (Å²) in [5, 5.41) is 12.9. The van der Waals surface area contributed by atoms with Crippen LogP contribution in [0.15, 0.2) is 47.0 Å². The number of nitrogens with one attached hydrogen (secondary N) is 3. The Morgan fingerprint density at radius 2 is 1.88 bits per heavy atom. The van der Waals surface area contributed by atoms with Gasteiger partial charge in [0, 0.05) is 24.3 Å². The summed E-state index contributed by atoms with van der Waals surface area (Å²) in [6.07, 6.45) is 0.840. The van der Waals surface area contributed by atoms with Gasteiger partial charge in [0.1, 0.15) is 29.8 Å². The highest BCUT2D eigenvalue weighted by Gasteiger charge is 2.39. The van der Waals surface area contributed by atoms with Crippen molar-refractivity contribution in [3.05, 3.63) is 70.1 Å². The Morgan fingerprint density at radius 1 is 1.10 bits per heavy atom. The van der Waals surface area contributed by atoms with Crippen LogP contribution in [0.3, 0.4) is 0 Å².